The molecule has 2 N–H and O–H groups in total. The van der Waals surface area contributed by atoms with E-state index in [2.05, 4.69) is 25.0 Å². The normalized spacial score (nSPS) is 13.9. The van der Waals surface area contributed by atoms with Crippen molar-refractivity contribution in [2.24, 2.45) is 0 Å². The number of methoxy groups -OCH3 is 1. The first kappa shape index (κ1) is 23.9. The Kier molecular flexibility index (Phi) is 7.91. The molecule has 0 bridgehead atoms. The van der Waals surface area contributed by atoms with Crippen molar-refractivity contribution in [1.82, 2.24) is 20.3 Å². The lowest BCUT2D eigenvalue weighted by atomic mass is 10.1. The molecule has 1 aliphatic rings. The van der Waals surface area contributed by atoms with Crippen LogP contribution in [-0.4, -0.2) is 46.4 Å². The van der Waals surface area contributed by atoms with Crippen molar-refractivity contribution in [3.05, 3.63) is 66.0 Å². The van der Waals surface area contributed by atoms with Crippen LogP contribution in [0.15, 0.2) is 48.9 Å². The molecule has 2 aromatic heterocycles. The summed E-state index contributed by atoms with van der Waals surface area (Å²) in [5.41, 5.74) is 2.37. The number of nitrogens with zero attached hydrogens (tertiary/aromatic N) is 3. The number of carbonyl (C=O) groups is 1. The Bertz CT molecular complexity index is 1150. The predicted octanol–water partition coefficient (Wildman–Crippen LogP) is 4.42. The Morgan fingerprint density at radius 3 is 2.85 bits per heavy atom. The van der Waals surface area contributed by atoms with E-state index in [1.807, 2.05) is 19.1 Å². The SMILES string of the molecule is CCOc1cncc(-c2ccc(C(=O)N[C@@H](COC)c3cc(NSC4CC4)ccn3)c(F)c2)n1. The monoisotopic (exact) mass is 483 g/mol. The molecule has 4 rings (SSSR count). The number of hydrogen-bond donors (Lipinski definition) is 2. The summed E-state index contributed by atoms with van der Waals surface area (Å²) in [5, 5.41) is 3.48. The summed E-state index contributed by atoms with van der Waals surface area (Å²) >= 11 is 1.68. The maximum atomic E-state index is 14.9. The fraction of sp³-hybridized carbons (Fsp3) is 0.333. The molecule has 1 atom stereocenters. The maximum Gasteiger partial charge on any atom is 0.254 e. The van der Waals surface area contributed by atoms with Crippen LogP contribution in [0, 0.1) is 5.82 Å². The van der Waals surface area contributed by atoms with Gasteiger partial charge in [-0.3, -0.25) is 14.8 Å². The lowest BCUT2D eigenvalue weighted by Gasteiger charge is -2.19. The van der Waals surface area contributed by atoms with Crippen molar-refractivity contribution in [3.63, 3.8) is 0 Å². The van der Waals surface area contributed by atoms with Crippen molar-refractivity contribution < 1.29 is 18.7 Å². The van der Waals surface area contributed by atoms with Crippen molar-refractivity contribution in [1.29, 1.82) is 0 Å². The van der Waals surface area contributed by atoms with E-state index in [0.717, 1.165) is 5.69 Å². The lowest BCUT2D eigenvalue weighted by Crippen LogP contribution is -2.32. The van der Waals surface area contributed by atoms with Crippen LogP contribution in [0.5, 0.6) is 5.88 Å². The van der Waals surface area contributed by atoms with E-state index < -0.39 is 17.8 Å². The summed E-state index contributed by atoms with van der Waals surface area (Å²) < 4.78 is 28.9. The zero-order valence-corrected chi connectivity index (χ0v) is 19.8. The summed E-state index contributed by atoms with van der Waals surface area (Å²) in [6, 6.07) is 7.50. The van der Waals surface area contributed by atoms with Gasteiger partial charge in [-0.2, -0.15) is 0 Å². The van der Waals surface area contributed by atoms with E-state index in [-0.39, 0.29) is 12.2 Å². The molecular weight excluding hydrogens is 457 g/mol. The number of nitrogens with one attached hydrogen (secondary N) is 2. The van der Waals surface area contributed by atoms with Crippen LogP contribution in [0.4, 0.5) is 10.1 Å². The van der Waals surface area contributed by atoms with Crippen LogP contribution >= 0.6 is 11.9 Å². The average Bonchev–Trinajstić information content (AvgIpc) is 3.67. The zero-order chi connectivity index (χ0) is 23.9. The van der Waals surface area contributed by atoms with E-state index >= 15 is 0 Å². The lowest BCUT2D eigenvalue weighted by molar-refractivity contribution is 0.0890. The van der Waals surface area contributed by atoms with Crippen LogP contribution < -0.4 is 14.8 Å². The first-order chi connectivity index (χ1) is 16.6. The number of amides is 1. The highest BCUT2D eigenvalue weighted by Gasteiger charge is 2.23. The quantitative estimate of drug-likeness (QED) is 0.387. The fourth-order valence-electron chi connectivity index (χ4n) is 3.21. The van der Waals surface area contributed by atoms with Gasteiger partial charge in [-0.05, 0) is 56.0 Å². The molecular formula is C24H26FN5O3S. The maximum absolute atomic E-state index is 14.9. The van der Waals surface area contributed by atoms with E-state index in [9.17, 15) is 9.18 Å². The second-order valence-electron chi connectivity index (χ2n) is 7.74. The highest BCUT2D eigenvalue weighted by molar-refractivity contribution is 8.01. The topological polar surface area (TPSA) is 98.3 Å². The van der Waals surface area contributed by atoms with E-state index in [4.69, 9.17) is 9.47 Å². The Labute approximate surface area is 201 Å². The molecule has 1 aliphatic carbocycles. The molecule has 178 valence electrons. The van der Waals surface area contributed by atoms with Gasteiger partial charge in [0.2, 0.25) is 5.88 Å². The third kappa shape index (κ3) is 6.21. The van der Waals surface area contributed by atoms with Crippen LogP contribution in [0.25, 0.3) is 11.3 Å². The van der Waals surface area contributed by atoms with Crippen molar-refractivity contribution in [2.45, 2.75) is 31.1 Å². The van der Waals surface area contributed by atoms with Gasteiger partial charge in [0, 0.05) is 29.8 Å². The van der Waals surface area contributed by atoms with Gasteiger partial charge >= 0.3 is 0 Å². The molecule has 1 saturated carbocycles. The van der Waals surface area contributed by atoms with Gasteiger partial charge in [0.1, 0.15) is 5.82 Å². The van der Waals surface area contributed by atoms with E-state index in [1.165, 1.54) is 44.5 Å². The van der Waals surface area contributed by atoms with E-state index in [0.29, 0.717) is 34.7 Å². The third-order valence-electron chi connectivity index (χ3n) is 5.06. The fourth-order valence-corrected chi connectivity index (χ4v) is 4.01. The number of carbonyl (C=O) groups excluding carboxylic acids is 1. The molecule has 0 radical (unpaired) electrons. The molecule has 8 nitrogen and oxygen atoms in total. The first-order valence-electron chi connectivity index (χ1n) is 11.0. The summed E-state index contributed by atoms with van der Waals surface area (Å²) in [6.45, 7) is 2.48. The predicted molar refractivity (Wildman–Crippen MR) is 129 cm³/mol. The Morgan fingerprint density at radius 1 is 1.26 bits per heavy atom. The summed E-state index contributed by atoms with van der Waals surface area (Å²) in [4.78, 5) is 25.7. The molecule has 1 amide bonds. The van der Waals surface area contributed by atoms with Crippen LogP contribution in [0.3, 0.4) is 0 Å². The number of rotatable bonds is 11. The molecule has 0 aliphatic heterocycles. The van der Waals surface area contributed by atoms with Crippen LogP contribution in [0.1, 0.15) is 41.9 Å². The molecule has 34 heavy (non-hydrogen) atoms. The van der Waals surface area contributed by atoms with Crippen LogP contribution in [-0.2, 0) is 4.74 Å². The van der Waals surface area contributed by atoms with Crippen LogP contribution in [0.2, 0.25) is 0 Å². The number of ether oxygens (including phenoxy) is 2. The molecule has 0 spiro atoms. The largest absolute Gasteiger partial charge is 0.477 e. The van der Waals surface area contributed by atoms with Crippen molar-refractivity contribution in [2.75, 3.05) is 25.0 Å². The van der Waals surface area contributed by atoms with Gasteiger partial charge < -0.3 is 19.5 Å². The van der Waals surface area contributed by atoms with Gasteiger partial charge in [0.15, 0.2) is 0 Å². The standard InChI is InChI=1S/C24H26FN5O3S/c1-3-33-23-13-26-12-21(28-23)15-4-7-18(19(25)10-15)24(31)29-22(14-32-2)20-11-16(8-9-27-20)30-34-17-5-6-17/h4,7-13,17,22H,3,5-6,14H2,1-2H3,(H,27,30)(H,29,31)/t22-/m0/s1. The van der Waals surface area contributed by atoms with Crippen molar-refractivity contribution >= 4 is 23.5 Å². The third-order valence-corrected chi connectivity index (χ3v) is 6.22. The Balaban J connectivity index is 1.48. The highest BCUT2D eigenvalue weighted by atomic mass is 32.2. The summed E-state index contributed by atoms with van der Waals surface area (Å²) in [7, 11) is 1.54. The molecule has 10 heteroatoms. The number of pyridine rings is 1. The van der Waals surface area contributed by atoms with Gasteiger partial charge in [0.05, 0.1) is 48.6 Å². The average molecular weight is 484 g/mol. The minimum Gasteiger partial charge on any atom is -0.477 e. The molecule has 1 aromatic carbocycles. The number of anilines is 1. The second-order valence-corrected chi connectivity index (χ2v) is 8.85. The smallest absolute Gasteiger partial charge is 0.254 e. The summed E-state index contributed by atoms with van der Waals surface area (Å²) in [6.07, 6.45) is 7.11. The van der Waals surface area contributed by atoms with Gasteiger partial charge in [-0.1, -0.05) is 6.07 Å². The molecule has 1 fully saturated rings. The van der Waals surface area contributed by atoms with Crippen molar-refractivity contribution in [3.8, 4) is 17.1 Å². The number of aromatic nitrogens is 3. The number of hydrogen-bond acceptors (Lipinski definition) is 8. The zero-order valence-electron chi connectivity index (χ0n) is 19.0. The first-order valence-corrected chi connectivity index (χ1v) is 11.9. The highest BCUT2D eigenvalue weighted by Crippen LogP contribution is 2.34. The minimum absolute atomic E-state index is 0.0858. The number of benzene rings is 1. The summed E-state index contributed by atoms with van der Waals surface area (Å²) in [5.74, 6) is -0.879. The molecule has 0 unspecified atom stereocenters. The molecule has 2 heterocycles. The minimum atomic E-state index is -0.668. The molecule has 0 saturated heterocycles. The Morgan fingerprint density at radius 2 is 2.12 bits per heavy atom. The Hall–Kier alpha value is -3.24. The second kappa shape index (κ2) is 11.3. The van der Waals surface area contributed by atoms with Gasteiger partial charge in [0.25, 0.3) is 5.91 Å². The molecule has 3 aromatic rings. The van der Waals surface area contributed by atoms with Gasteiger partial charge in [-0.15, -0.1) is 0 Å². The van der Waals surface area contributed by atoms with E-state index in [1.54, 1.807) is 24.2 Å². The number of halogens is 1. The van der Waals surface area contributed by atoms with Gasteiger partial charge in [-0.25, -0.2) is 9.37 Å².